The van der Waals surface area contributed by atoms with E-state index in [1.807, 2.05) is 18.7 Å². The molecule has 1 heterocycles. The van der Waals surface area contributed by atoms with Gasteiger partial charge >= 0.3 is 6.03 Å². The van der Waals surface area contributed by atoms with Crippen LogP contribution in [0.15, 0.2) is 18.2 Å². The first-order valence-electron chi connectivity index (χ1n) is 7.78. The molecule has 0 radical (unpaired) electrons. The van der Waals surface area contributed by atoms with E-state index in [1.54, 1.807) is 12.1 Å². The van der Waals surface area contributed by atoms with E-state index in [-0.39, 0.29) is 30.1 Å². The predicted octanol–water partition coefficient (Wildman–Crippen LogP) is 2.72. The number of carbonyl (C=O) groups is 1. The van der Waals surface area contributed by atoms with Crippen LogP contribution in [-0.4, -0.2) is 37.4 Å². The van der Waals surface area contributed by atoms with E-state index >= 15 is 0 Å². The van der Waals surface area contributed by atoms with E-state index in [2.05, 4.69) is 10.6 Å². The molecule has 2 aliphatic rings. The van der Waals surface area contributed by atoms with Gasteiger partial charge in [0.05, 0.1) is 17.9 Å². The Bertz CT molecular complexity index is 552. The molecule has 0 aromatic heterocycles. The van der Waals surface area contributed by atoms with Gasteiger partial charge in [0.2, 0.25) is 0 Å². The van der Waals surface area contributed by atoms with Gasteiger partial charge in [0, 0.05) is 24.8 Å². The van der Waals surface area contributed by atoms with Crippen LogP contribution in [0.25, 0.3) is 0 Å². The van der Waals surface area contributed by atoms with Crippen LogP contribution >= 0.6 is 0 Å². The standard InChI is InChI=1S/C16H22FN3O2/c1-10-8-20(9-11(2)22-10)15-6-5-13(7-14(15)17)19-16(21)18-12-3-4-12/h5-7,10-12H,3-4,8-9H2,1-2H3,(H2,18,19,21)/t10-,11-/m0/s1. The number of ether oxygens (including phenoxy) is 1. The summed E-state index contributed by atoms with van der Waals surface area (Å²) >= 11 is 0. The maximum atomic E-state index is 14.4. The van der Waals surface area contributed by atoms with Crippen molar-refractivity contribution in [2.75, 3.05) is 23.3 Å². The first-order valence-corrected chi connectivity index (χ1v) is 7.78. The molecule has 1 aliphatic heterocycles. The lowest BCUT2D eigenvalue weighted by molar-refractivity contribution is -0.00539. The first-order chi connectivity index (χ1) is 10.5. The number of nitrogens with one attached hydrogen (secondary N) is 2. The molecule has 1 saturated carbocycles. The zero-order chi connectivity index (χ0) is 15.7. The summed E-state index contributed by atoms with van der Waals surface area (Å²) in [4.78, 5) is 13.7. The van der Waals surface area contributed by atoms with Crippen molar-refractivity contribution in [3.63, 3.8) is 0 Å². The monoisotopic (exact) mass is 307 g/mol. The number of amides is 2. The molecule has 3 rings (SSSR count). The Balaban J connectivity index is 1.67. The molecule has 1 aromatic rings. The molecule has 0 unspecified atom stereocenters. The molecule has 1 saturated heterocycles. The van der Waals surface area contributed by atoms with E-state index in [0.29, 0.717) is 24.5 Å². The Hall–Kier alpha value is -1.82. The molecule has 2 fully saturated rings. The largest absolute Gasteiger partial charge is 0.372 e. The molecule has 2 atom stereocenters. The van der Waals surface area contributed by atoms with Crippen molar-refractivity contribution in [3.05, 3.63) is 24.0 Å². The topological polar surface area (TPSA) is 53.6 Å². The van der Waals surface area contributed by atoms with Gasteiger partial charge < -0.3 is 20.3 Å². The molecule has 1 aromatic carbocycles. The molecule has 22 heavy (non-hydrogen) atoms. The van der Waals surface area contributed by atoms with Crippen molar-refractivity contribution in [2.45, 2.75) is 44.9 Å². The van der Waals surface area contributed by atoms with Crippen molar-refractivity contribution >= 4 is 17.4 Å². The highest BCUT2D eigenvalue weighted by atomic mass is 19.1. The lowest BCUT2D eigenvalue weighted by Crippen LogP contribution is -2.45. The quantitative estimate of drug-likeness (QED) is 0.903. The van der Waals surface area contributed by atoms with Crippen LogP contribution < -0.4 is 15.5 Å². The van der Waals surface area contributed by atoms with Gasteiger partial charge in [0.1, 0.15) is 5.82 Å². The second kappa shape index (κ2) is 6.12. The van der Waals surface area contributed by atoms with Gasteiger partial charge in [-0.2, -0.15) is 0 Å². The van der Waals surface area contributed by atoms with Crippen molar-refractivity contribution in [1.29, 1.82) is 0 Å². The van der Waals surface area contributed by atoms with Gasteiger partial charge in [-0.25, -0.2) is 9.18 Å². The lowest BCUT2D eigenvalue weighted by Gasteiger charge is -2.37. The zero-order valence-electron chi connectivity index (χ0n) is 12.9. The summed E-state index contributed by atoms with van der Waals surface area (Å²) in [5.41, 5.74) is 1.02. The summed E-state index contributed by atoms with van der Waals surface area (Å²) in [6.07, 6.45) is 2.19. The minimum Gasteiger partial charge on any atom is -0.372 e. The number of morpholine rings is 1. The van der Waals surface area contributed by atoms with Crippen LogP contribution in [-0.2, 0) is 4.74 Å². The van der Waals surface area contributed by atoms with E-state index in [9.17, 15) is 9.18 Å². The molecule has 0 spiro atoms. The smallest absolute Gasteiger partial charge is 0.319 e. The summed E-state index contributed by atoms with van der Waals surface area (Å²) in [5, 5.41) is 5.48. The van der Waals surface area contributed by atoms with Crippen LogP contribution in [0.4, 0.5) is 20.6 Å². The Morgan fingerprint density at radius 3 is 2.55 bits per heavy atom. The van der Waals surface area contributed by atoms with Gasteiger partial charge in [-0.3, -0.25) is 0 Å². The number of rotatable bonds is 3. The van der Waals surface area contributed by atoms with Crippen molar-refractivity contribution in [1.82, 2.24) is 5.32 Å². The molecular weight excluding hydrogens is 285 g/mol. The van der Waals surface area contributed by atoms with Gasteiger partial charge in [0.25, 0.3) is 0 Å². The summed E-state index contributed by atoms with van der Waals surface area (Å²) in [7, 11) is 0. The average Bonchev–Trinajstić information content (AvgIpc) is 3.21. The van der Waals surface area contributed by atoms with Crippen molar-refractivity contribution in [2.24, 2.45) is 0 Å². The van der Waals surface area contributed by atoms with Crippen LogP contribution in [0.1, 0.15) is 26.7 Å². The van der Waals surface area contributed by atoms with Gasteiger partial charge in [0.15, 0.2) is 0 Å². The minimum absolute atomic E-state index is 0.0743. The highest BCUT2D eigenvalue weighted by molar-refractivity contribution is 5.89. The van der Waals surface area contributed by atoms with Crippen LogP contribution in [0, 0.1) is 5.82 Å². The molecule has 2 amide bonds. The first kappa shape index (κ1) is 15.1. The Morgan fingerprint density at radius 2 is 1.95 bits per heavy atom. The zero-order valence-corrected chi connectivity index (χ0v) is 12.9. The third kappa shape index (κ3) is 3.68. The van der Waals surface area contributed by atoms with E-state index in [1.165, 1.54) is 6.07 Å². The van der Waals surface area contributed by atoms with Crippen LogP contribution in [0.3, 0.4) is 0 Å². The summed E-state index contributed by atoms with van der Waals surface area (Å²) in [6.45, 7) is 5.30. The van der Waals surface area contributed by atoms with E-state index in [4.69, 9.17) is 4.74 Å². The van der Waals surface area contributed by atoms with Crippen molar-refractivity contribution in [3.8, 4) is 0 Å². The molecule has 120 valence electrons. The lowest BCUT2D eigenvalue weighted by atomic mass is 10.2. The molecular formula is C16H22FN3O2. The predicted molar refractivity (Wildman–Crippen MR) is 83.8 cm³/mol. The number of hydrogen-bond donors (Lipinski definition) is 2. The Morgan fingerprint density at radius 1 is 1.27 bits per heavy atom. The third-order valence-corrected chi connectivity index (χ3v) is 3.88. The molecule has 0 bridgehead atoms. The highest BCUT2D eigenvalue weighted by Gasteiger charge is 2.25. The third-order valence-electron chi connectivity index (χ3n) is 3.88. The Kier molecular flexibility index (Phi) is 4.20. The summed E-state index contributed by atoms with van der Waals surface area (Å²) in [6, 6.07) is 4.82. The van der Waals surface area contributed by atoms with Gasteiger partial charge in [-0.15, -0.1) is 0 Å². The van der Waals surface area contributed by atoms with E-state index in [0.717, 1.165) is 12.8 Å². The maximum Gasteiger partial charge on any atom is 0.319 e. The second-order valence-electron chi connectivity index (χ2n) is 6.20. The number of nitrogens with zero attached hydrogens (tertiary/aromatic N) is 1. The molecule has 5 nitrogen and oxygen atoms in total. The van der Waals surface area contributed by atoms with Crippen LogP contribution in [0.5, 0.6) is 0 Å². The number of urea groups is 1. The average molecular weight is 307 g/mol. The molecule has 2 N–H and O–H groups in total. The SMILES string of the molecule is C[C@H]1CN(c2ccc(NC(=O)NC3CC3)cc2F)C[C@H](C)O1. The van der Waals surface area contributed by atoms with Crippen molar-refractivity contribution < 1.29 is 13.9 Å². The molecule has 1 aliphatic carbocycles. The number of hydrogen-bond acceptors (Lipinski definition) is 3. The summed E-state index contributed by atoms with van der Waals surface area (Å²) < 4.78 is 20.0. The number of anilines is 2. The normalized spacial score (nSPS) is 25.0. The fourth-order valence-corrected chi connectivity index (χ4v) is 2.80. The van der Waals surface area contributed by atoms with Gasteiger partial charge in [-0.05, 0) is 44.9 Å². The Labute approximate surface area is 129 Å². The maximum absolute atomic E-state index is 14.4. The number of carbonyl (C=O) groups excluding carboxylic acids is 1. The highest BCUT2D eigenvalue weighted by Crippen LogP contribution is 2.26. The number of halogens is 1. The van der Waals surface area contributed by atoms with E-state index < -0.39 is 0 Å². The molecule has 6 heteroatoms. The number of benzene rings is 1. The summed E-state index contributed by atoms with van der Waals surface area (Å²) in [5.74, 6) is -0.328. The minimum atomic E-state index is -0.328. The fraction of sp³-hybridized carbons (Fsp3) is 0.562. The van der Waals surface area contributed by atoms with Crippen LogP contribution in [0.2, 0.25) is 0 Å². The van der Waals surface area contributed by atoms with Gasteiger partial charge in [-0.1, -0.05) is 0 Å². The second-order valence-corrected chi connectivity index (χ2v) is 6.20. The fourth-order valence-electron chi connectivity index (χ4n) is 2.80.